The van der Waals surface area contributed by atoms with Crippen LogP contribution >= 0.6 is 24.0 Å². The number of nitrogens with one attached hydrogen (secondary N) is 2. The molecule has 1 aromatic carbocycles. The molecule has 0 aromatic heterocycles. The van der Waals surface area contributed by atoms with E-state index in [1.807, 2.05) is 18.2 Å². The van der Waals surface area contributed by atoms with Crippen molar-refractivity contribution in [2.45, 2.75) is 6.42 Å². The Morgan fingerprint density at radius 3 is 2.62 bits per heavy atom. The Morgan fingerprint density at radius 1 is 1.27 bits per heavy atom. The predicted molar refractivity (Wildman–Crippen MR) is 110 cm³/mol. The van der Waals surface area contributed by atoms with Crippen molar-refractivity contribution in [3.8, 4) is 11.5 Å². The molecule has 8 heteroatoms. The zero-order valence-electron chi connectivity index (χ0n) is 15.7. The smallest absolute Gasteiger partial charge is 0.230 e. The average Bonchev–Trinajstić information content (AvgIpc) is 2.66. The van der Waals surface area contributed by atoms with E-state index in [-0.39, 0.29) is 5.91 Å². The molecule has 26 heavy (non-hydrogen) atoms. The maximum atomic E-state index is 12.0. The van der Waals surface area contributed by atoms with Gasteiger partial charge in [0, 0.05) is 6.54 Å². The minimum Gasteiger partial charge on any atom is -0.493 e. The highest BCUT2D eigenvalue weighted by molar-refractivity contribution is 8.23. The SMILES string of the molecule is COc1ccc(CCNC(=O)CSC(=S)N2CC[NH+](C)CC2)cc1OC. The van der Waals surface area contributed by atoms with E-state index < -0.39 is 0 Å². The zero-order chi connectivity index (χ0) is 18.9. The number of amides is 1. The van der Waals surface area contributed by atoms with Crippen LogP contribution < -0.4 is 19.7 Å². The van der Waals surface area contributed by atoms with Gasteiger partial charge < -0.3 is 24.6 Å². The van der Waals surface area contributed by atoms with Gasteiger partial charge in [0.15, 0.2) is 11.5 Å². The van der Waals surface area contributed by atoms with Crippen molar-refractivity contribution in [1.82, 2.24) is 10.2 Å². The fourth-order valence-corrected chi connectivity index (χ4v) is 3.80. The van der Waals surface area contributed by atoms with Crippen LogP contribution in [0.1, 0.15) is 5.56 Å². The van der Waals surface area contributed by atoms with Crippen molar-refractivity contribution in [2.75, 3.05) is 59.7 Å². The second kappa shape index (κ2) is 10.6. The molecule has 0 saturated carbocycles. The number of hydrogen-bond acceptors (Lipinski definition) is 5. The Labute approximate surface area is 165 Å². The molecule has 0 atom stereocenters. The standard InChI is InChI=1S/C18H27N3O3S2/c1-20-8-10-21(11-9-20)18(25)26-13-17(22)19-7-6-14-4-5-15(23-2)16(12-14)24-3/h4-5,12H,6-11,13H2,1-3H3,(H,19,22)/p+1. The topological polar surface area (TPSA) is 55.2 Å². The number of nitrogens with zero attached hydrogens (tertiary/aromatic N) is 1. The quantitative estimate of drug-likeness (QED) is 0.641. The number of likely N-dealkylation sites (N-methyl/N-ethyl adjacent to an activating group) is 1. The van der Waals surface area contributed by atoms with Crippen LogP contribution in [-0.4, -0.2) is 74.9 Å². The average molecular weight is 399 g/mol. The van der Waals surface area contributed by atoms with E-state index in [4.69, 9.17) is 21.7 Å². The van der Waals surface area contributed by atoms with Gasteiger partial charge >= 0.3 is 0 Å². The molecule has 0 spiro atoms. The van der Waals surface area contributed by atoms with Gasteiger partial charge in [0.25, 0.3) is 0 Å². The summed E-state index contributed by atoms with van der Waals surface area (Å²) in [4.78, 5) is 15.8. The molecule has 2 N–H and O–H groups in total. The van der Waals surface area contributed by atoms with Gasteiger partial charge in [0.05, 0.1) is 53.2 Å². The second-order valence-electron chi connectivity index (χ2n) is 6.29. The number of rotatable bonds is 7. The monoisotopic (exact) mass is 398 g/mol. The lowest BCUT2D eigenvalue weighted by Crippen LogP contribution is -3.12. The lowest BCUT2D eigenvalue weighted by molar-refractivity contribution is -0.883. The number of piperazine rings is 1. The van der Waals surface area contributed by atoms with Gasteiger partial charge in [-0.25, -0.2) is 0 Å². The third-order valence-electron chi connectivity index (χ3n) is 4.39. The van der Waals surface area contributed by atoms with Crippen molar-refractivity contribution in [3.63, 3.8) is 0 Å². The molecule has 1 amide bonds. The van der Waals surface area contributed by atoms with E-state index in [9.17, 15) is 4.79 Å². The molecule has 0 unspecified atom stereocenters. The van der Waals surface area contributed by atoms with Gasteiger partial charge in [0.2, 0.25) is 5.91 Å². The van der Waals surface area contributed by atoms with Gasteiger partial charge in [-0.15, -0.1) is 0 Å². The molecule has 1 fully saturated rings. The van der Waals surface area contributed by atoms with Crippen molar-refractivity contribution in [1.29, 1.82) is 0 Å². The zero-order valence-corrected chi connectivity index (χ0v) is 17.3. The van der Waals surface area contributed by atoms with Crippen LogP contribution in [0.2, 0.25) is 0 Å². The highest BCUT2D eigenvalue weighted by Crippen LogP contribution is 2.27. The third-order valence-corrected chi connectivity index (χ3v) is 5.91. The van der Waals surface area contributed by atoms with Crippen molar-refractivity contribution >= 4 is 34.2 Å². The number of thiocarbonyl (C=S) groups is 1. The summed E-state index contributed by atoms with van der Waals surface area (Å²) in [6, 6.07) is 5.79. The summed E-state index contributed by atoms with van der Waals surface area (Å²) in [5.41, 5.74) is 1.09. The summed E-state index contributed by atoms with van der Waals surface area (Å²) in [5, 5.41) is 2.95. The molecule has 2 rings (SSSR count). The van der Waals surface area contributed by atoms with Gasteiger partial charge in [-0.3, -0.25) is 4.79 Å². The Morgan fingerprint density at radius 2 is 1.96 bits per heavy atom. The number of ether oxygens (including phenoxy) is 2. The molecule has 0 radical (unpaired) electrons. The molecule has 0 aliphatic carbocycles. The van der Waals surface area contributed by atoms with Crippen molar-refractivity contribution in [2.24, 2.45) is 0 Å². The molecule has 144 valence electrons. The molecule has 1 saturated heterocycles. The molecule has 1 aliphatic rings. The van der Waals surface area contributed by atoms with Crippen LogP contribution in [0, 0.1) is 0 Å². The van der Waals surface area contributed by atoms with Gasteiger partial charge in [-0.1, -0.05) is 30.0 Å². The van der Waals surface area contributed by atoms with Gasteiger partial charge in [-0.05, 0) is 24.1 Å². The number of hydrogen-bond donors (Lipinski definition) is 2. The maximum absolute atomic E-state index is 12.0. The van der Waals surface area contributed by atoms with E-state index >= 15 is 0 Å². The predicted octanol–water partition coefficient (Wildman–Crippen LogP) is 0.211. The Kier molecular flexibility index (Phi) is 8.47. The number of benzene rings is 1. The summed E-state index contributed by atoms with van der Waals surface area (Å²) in [7, 11) is 5.42. The van der Waals surface area contributed by atoms with Crippen LogP contribution in [0.4, 0.5) is 0 Å². The number of thioether (sulfide) groups is 1. The first-order valence-electron chi connectivity index (χ1n) is 8.74. The molecule has 0 bridgehead atoms. The summed E-state index contributed by atoms with van der Waals surface area (Å²) < 4.78 is 11.4. The lowest BCUT2D eigenvalue weighted by atomic mass is 10.1. The molecule has 1 aromatic rings. The molecular formula is C18H28N3O3S2+. The summed E-state index contributed by atoms with van der Waals surface area (Å²) >= 11 is 6.89. The first kappa shape index (κ1) is 20.8. The summed E-state index contributed by atoms with van der Waals surface area (Å²) in [5.74, 6) is 1.78. The molecule has 6 nitrogen and oxygen atoms in total. The normalized spacial score (nSPS) is 14.8. The number of carbonyl (C=O) groups is 1. The van der Waals surface area contributed by atoms with Crippen LogP contribution in [0.3, 0.4) is 0 Å². The van der Waals surface area contributed by atoms with Gasteiger partial charge in [0.1, 0.15) is 4.32 Å². The van der Waals surface area contributed by atoms with E-state index in [1.54, 1.807) is 14.2 Å². The second-order valence-corrected chi connectivity index (χ2v) is 7.90. The number of methoxy groups -OCH3 is 2. The Bertz CT molecular complexity index is 620. The highest BCUT2D eigenvalue weighted by Gasteiger charge is 2.19. The highest BCUT2D eigenvalue weighted by atomic mass is 32.2. The van der Waals surface area contributed by atoms with Crippen LogP contribution in [0.25, 0.3) is 0 Å². The maximum Gasteiger partial charge on any atom is 0.230 e. The Hall–Kier alpha value is -1.51. The molecular weight excluding hydrogens is 370 g/mol. The largest absolute Gasteiger partial charge is 0.493 e. The molecule has 1 aliphatic heterocycles. The number of carbonyl (C=O) groups excluding carboxylic acids is 1. The third kappa shape index (κ3) is 6.34. The fraction of sp³-hybridized carbons (Fsp3) is 0.556. The molecule has 1 heterocycles. The van der Waals surface area contributed by atoms with E-state index in [2.05, 4.69) is 17.3 Å². The van der Waals surface area contributed by atoms with Crippen molar-refractivity contribution < 1.29 is 19.2 Å². The van der Waals surface area contributed by atoms with E-state index in [1.165, 1.54) is 16.7 Å². The fourth-order valence-electron chi connectivity index (χ4n) is 2.72. The summed E-state index contributed by atoms with van der Waals surface area (Å²) in [6.07, 6.45) is 0.739. The van der Waals surface area contributed by atoms with Gasteiger partial charge in [-0.2, -0.15) is 0 Å². The van der Waals surface area contributed by atoms with Crippen LogP contribution in [0.15, 0.2) is 18.2 Å². The summed E-state index contributed by atoms with van der Waals surface area (Å²) in [6.45, 7) is 4.72. The lowest BCUT2D eigenvalue weighted by Gasteiger charge is -2.31. The number of quaternary nitrogens is 1. The minimum atomic E-state index is 0.0116. The van der Waals surface area contributed by atoms with Crippen LogP contribution in [0.5, 0.6) is 11.5 Å². The van der Waals surface area contributed by atoms with E-state index in [0.717, 1.165) is 42.5 Å². The first-order chi connectivity index (χ1) is 12.5. The van der Waals surface area contributed by atoms with Crippen LogP contribution in [-0.2, 0) is 11.2 Å². The Balaban J connectivity index is 1.68. The van der Waals surface area contributed by atoms with Crippen molar-refractivity contribution in [3.05, 3.63) is 23.8 Å². The minimum absolute atomic E-state index is 0.0116. The first-order valence-corrected chi connectivity index (χ1v) is 10.1. The van der Waals surface area contributed by atoms with E-state index in [0.29, 0.717) is 23.8 Å².